The molecular formula is C4H14N2O6S2. The van der Waals surface area contributed by atoms with E-state index in [1.54, 1.807) is 7.05 Å². The number of nitrogens with one attached hydrogen (secondary N) is 1. The van der Waals surface area contributed by atoms with E-state index in [9.17, 15) is 16.8 Å². The minimum absolute atomic E-state index is 0.219. The molecule has 0 heterocycles. The van der Waals surface area contributed by atoms with Crippen LogP contribution in [-0.2, 0) is 20.2 Å². The first-order chi connectivity index (χ1) is 6.12. The van der Waals surface area contributed by atoms with Crippen LogP contribution in [0, 0.1) is 0 Å². The van der Waals surface area contributed by atoms with Crippen molar-refractivity contribution in [3.8, 4) is 0 Å². The van der Waals surface area contributed by atoms with Gasteiger partial charge in [-0.25, -0.2) is 0 Å². The fraction of sp³-hybridized carbons (Fsp3) is 1.00. The van der Waals surface area contributed by atoms with Gasteiger partial charge in [0.15, 0.2) is 0 Å². The Bertz CT molecular complexity index is 320. The van der Waals surface area contributed by atoms with Gasteiger partial charge in [-0.3, -0.25) is 9.11 Å². The molecule has 0 bridgehead atoms. The summed E-state index contributed by atoms with van der Waals surface area (Å²) in [5, 5.41) is 2.59. The Morgan fingerprint density at radius 1 is 1.14 bits per heavy atom. The highest BCUT2D eigenvalue weighted by atomic mass is 32.2. The fourth-order valence-corrected chi connectivity index (χ4v) is 0.693. The van der Waals surface area contributed by atoms with Gasteiger partial charge in [-0.2, -0.15) is 16.8 Å². The lowest BCUT2D eigenvalue weighted by atomic mass is 10.8. The summed E-state index contributed by atoms with van der Waals surface area (Å²) in [6.07, 6.45) is 0. The highest BCUT2D eigenvalue weighted by Crippen LogP contribution is 1.76. The smallest absolute Gasteiger partial charge is 0.277 e. The van der Waals surface area contributed by atoms with Gasteiger partial charge in [0.25, 0.3) is 20.2 Å². The third-order valence-corrected chi connectivity index (χ3v) is 1.96. The molecule has 0 saturated carbocycles. The highest BCUT2D eigenvalue weighted by Gasteiger charge is 2.00. The van der Waals surface area contributed by atoms with Crippen molar-refractivity contribution in [3.63, 3.8) is 0 Å². The van der Waals surface area contributed by atoms with E-state index >= 15 is 0 Å². The van der Waals surface area contributed by atoms with Gasteiger partial charge >= 0.3 is 0 Å². The van der Waals surface area contributed by atoms with Crippen LogP contribution in [-0.4, -0.2) is 51.2 Å². The molecule has 0 aromatic carbocycles. The van der Waals surface area contributed by atoms with E-state index in [2.05, 4.69) is 11.1 Å². The Morgan fingerprint density at radius 2 is 1.50 bits per heavy atom. The van der Waals surface area contributed by atoms with Crippen molar-refractivity contribution in [1.82, 2.24) is 5.32 Å². The zero-order valence-electron chi connectivity index (χ0n) is 7.54. The van der Waals surface area contributed by atoms with Gasteiger partial charge in [-0.15, -0.1) is 0 Å². The molecule has 0 aliphatic heterocycles. The largest absolute Gasteiger partial charge is 0.319 e. The molecule has 0 aromatic heterocycles. The molecule has 0 fully saturated rings. The molecule has 0 spiro atoms. The summed E-state index contributed by atoms with van der Waals surface area (Å²) in [4.78, 5) is 0. The lowest BCUT2D eigenvalue weighted by Crippen LogP contribution is -2.18. The van der Waals surface area contributed by atoms with Crippen LogP contribution in [0.5, 0.6) is 0 Å². The maximum atomic E-state index is 9.91. The minimum atomic E-state index is -3.88. The van der Waals surface area contributed by atoms with Gasteiger partial charge in [0.2, 0.25) is 0 Å². The molecule has 14 heavy (non-hydrogen) atoms. The Hall–Kier alpha value is -0.260. The summed E-state index contributed by atoms with van der Waals surface area (Å²) in [6, 6.07) is 0. The molecule has 0 unspecified atom stereocenters. The molecule has 0 radical (unpaired) electrons. The Morgan fingerprint density at radius 3 is 1.57 bits per heavy atom. The van der Waals surface area contributed by atoms with Crippen LogP contribution < -0.4 is 11.1 Å². The van der Waals surface area contributed by atoms with Crippen LogP contribution in [0.4, 0.5) is 0 Å². The van der Waals surface area contributed by atoms with Crippen molar-refractivity contribution in [1.29, 1.82) is 0 Å². The number of hydrogen-bond acceptors (Lipinski definition) is 6. The first-order valence-electron chi connectivity index (χ1n) is 3.37. The van der Waals surface area contributed by atoms with Crippen LogP contribution in [0.2, 0.25) is 0 Å². The normalized spacial score (nSPS) is 11.7. The van der Waals surface area contributed by atoms with Gasteiger partial charge in [-0.05, 0) is 7.05 Å². The molecule has 0 aliphatic carbocycles. The molecule has 0 aromatic rings. The van der Waals surface area contributed by atoms with Gasteiger partial charge in [0.05, 0.1) is 5.75 Å². The van der Waals surface area contributed by atoms with Crippen molar-refractivity contribution < 1.29 is 25.9 Å². The molecule has 0 aliphatic rings. The van der Waals surface area contributed by atoms with Crippen molar-refractivity contribution in [2.24, 2.45) is 5.73 Å². The number of nitrogens with two attached hydrogens (primary N) is 1. The molecule has 0 atom stereocenters. The monoisotopic (exact) mass is 250 g/mol. The summed E-state index contributed by atoms with van der Waals surface area (Å²) in [5.41, 5.74) is 4.47. The first kappa shape index (κ1) is 16.2. The number of rotatable bonds is 4. The quantitative estimate of drug-likeness (QED) is 0.414. The average Bonchev–Trinajstić information content (AvgIpc) is 1.99. The van der Waals surface area contributed by atoms with Gasteiger partial charge in [-0.1, -0.05) is 0 Å². The first-order valence-corrected chi connectivity index (χ1v) is 6.59. The van der Waals surface area contributed by atoms with E-state index < -0.39 is 26.1 Å². The van der Waals surface area contributed by atoms with E-state index in [-0.39, 0.29) is 5.75 Å². The maximum absolute atomic E-state index is 9.91. The zero-order chi connectivity index (χ0) is 11.8. The molecule has 88 valence electrons. The van der Waals surface area contributed by atoms with E-state index in [0.717, 1.165) is 0 Å². The third kappa shape index (κ3) is 22.6. The fourth-order valence-electron chi connectivity index (χ4n) is 0.231. The van der Waals surface area contributed by atoms with Crippen LogP contribution in [0.1, 0.15) is 0 Å². The Labute approximate surface area is 83.0 Å². The maximum Gasteiger partial charge on any atom is 0.277 e. The summed E-state index contributed by atoms with van der Waals surface area (Å²) < 4.78 is 54.4. The minimum Gasteiger partial charge on any atom is -0.319 e. The van der Waals surface area contributed by atoms with Gasteiger partial charge in [0, 0.05) is 6.54 Å². The van der Waals surface area contributed by atoms with Crippen LogP contribution >= 0.6 is 0 Å². The van der Waals surface area contributed by atoms with Crippen LogP contribution in [0.15, 0.2) is 0 Å². The zero-order valence-corrected chi connectivity index (χ0v) is 9.18. The lowest BCUT2D eigenvalue weighted by Gasteiger charge is -1.92. The average molecular weight is 250 g/mol. The predicted octanol–water partition coefficient (Wildman–Crippen LogP) is -2.12. The van der Waals surface area contributed by atoms with Crippen molar-refractivity contribution >= 4 is 20.2 Å². The Kier molecular flexibility index (Phi) is 8.19. The lowest BCUT2D eigenvalue weighted by molar-refractivity contribution is 0.480. The van der Waals surface area contributed by atoms with Gasteiger partial charge in [0.1, 0.15) is 5.88 Å². The summed E-state index contributed by atoms with van der Waals surface area (Å²) in [5.74, 6) is -0.920. The summed E-state index contributed by atoms with van der Waals surface area (Å²) in [7, 11) is -6.02. The predicted molar refractivity (Wildman–Crippen MR) is 50.9 cm³/mol. The standard InChI is InChI=1S/C3H9NO3S.CH5NO3S/c1-4-2-3-8(5,6)7;2-1-6(3,4)5/h4H,2-3H2,1H3,(H,5,6,7);1-2H2,(H,3,4,5). The third-order valence-electron chi connectivity index (χ3n) is 0.821. The molecule has 0 saturated heterocycles. The second-order valence-electron chi connectivity index (χ2n) is 2.14. The van der Waals surface area contributed by atoms with E-state index in [0.29, 0.717) is 6.54 Å². The molecule has 0 amide bonds. The summed E-state index contributed by atoms with van der Waals surface area (Å²) >= 11 is 0. The van der Waals surface area contributed by atoms with E-state index in [1.807, 2.05) is 0 Å². The van der Waals surface area contributed by atoms with Crippen LogP contribution in [0.3, 0.4) is 0 Å². The Balaban J connectivity index is 0. The van der Waals surface area contributed by atoms with Crippen molar-refractivity contribution in [2.45, 2.75) is 0 Å². The molecular weight excluding hydrogens is 236 g/mol. The molecule has 0 rings (SSSR count). The topological polar surface area (TPSA) is 147 Å². The second kappa shape index (κ2) is 7.09. The molecule has 10 heteroatoms. The van der Waals surface area contributed by atoms with Crippen molar-refractivity contribution in [3.05, 3.63) is 0 Å². The van der Waals surface area contributed by atoms with Gasteiger partial charge < -0.3 is 11.1 Å². The second-order valence-corrected chi connectivity index (χ2v) is 5.21. The van der Waals surface area contributed by atoms with E-state index in [4.69, 9.17) is 9.11 Å². The SMILES string of the molecule is CNCCS(=O)(=O)O.NCS(=O)(=O)O. The molecule has 5 N–H and O–H groups in total. The van der Waals surface area contributed by atoms with E-state index in [1.165, 1.54) is 0 Å². The number of hydrogen-bond donors (Lipinski definition) is 4. The van der Waals surface area contributed by atoms with Crippen molar-refractivity contribution in [2.75, 3.05) is 25.2 Å². The summed E-state index contributed by atoms with van der Waals surface area (Å²) in [6.45, 7) is 0.291. The molecule has 8 nitrogen and oxygen atoms in total. The highest BCUT2D eigenvalue weighted by molar-refractivity contribution is 7.86. The van der Waals surface area contributed by atoms with Crippen LogP contribution in [0.25, 0.3) is 0 Å².